The highest BCUT2D eigenvalue weighted by molar-refractivity contribution is 5.28. The van der Waals surface area contributed by atoms with E-state index in [1.807, 2.05) is 31.2 Å². The zero-order valence-corrected chi connectivity index (χ0v) is 16.6. The molecule has 1 fully saturated rings. The van der Waals surface area contributed by atoms with Crippen molar-refractivity contribution in [2.45, 2.75) is 32.5 Å². The number of rotatable bonds is 9. The third kappa shape index (κ3) is 6.01. The van der Waals surface area contributed by atoms with E-state index in [0.29, 0.717) is 12.6 Å². The molecular weight excluding hydrogens is 354 g/mol. The summed E-state index contributed by atoms with van der Waals surface area (Å²) < 4.78 is 5.52. The zero-order chi connectivity index (χ0) is 19.8. The smallest absolute Gasteiger partial charge is 0.119 e. The fraction of sp³-hybridized carbons (Fsp3) is 0.500. The first-order valence-electron chi connectivity index (χ1n) is 10.0. The summed E-state index contributed by atoms with van der Waals surface area (Å²) in [5.41, 5.74) is 3.33. The fourth-order valence-corrected chi connectivity index (χ4v) is 3.78. The highest BCUT2D eigenvalue weighted by Gasteiger charge is 2.27. The molecular formula is C22H31N3O3. The van der Waals surface area contributed by atoms with Crippen molar-refractivity contribution in [3.05, 3.63) is 59.4 Å². The molecule has 1 unspecified atom stereocenters. The van der Waals surface area contributed by atoms with Crippen LogP contribution in [-0.4, -0.2) is 70.5 Å². The maximum atomic E-state index is 9.54. The Morgan fingerprint density at radius 2 is 1.93 bits per heavy atom. The Kier molecular flexibility index (Phi) is 7.80. The first kappa shape index (κ1) is 20.7. The van der Waals surface area contributed by atoms with Crippen LogP contribution in [0.15, 0.2) is 42.5 Å². The maximum absolute atomic E-state index is 9.54. The van der Waals surface area contributed by atoms with E-state index < -0.39 is 0 Å². The molecule has 0 spiro atoms. The van der Waals surface area contributed by atoms with Crippen molar-refractivity contribution in [1.82, 2.24) is 14.8 Å². The van der Waals surface area contributed by atoms with Crippen molar-refractivity contribution in [3.63, 3.8) is 0 Å². The predicted octanol–water partition coefficient (Wildman–Crippen LogP) is 1.83. The van der Waals surface area contributed by atoms with Gasteiger partial charge in [-0.3, -0.25) is 14.8 Å². The normalized spacial score (nSPS) is 18.3. The average Bonchev–Trinajstić information content (AvgIpc) is 2.69. The van der Waals surface area contributed by atoms with Gasteiger partial charge in [0.2, 0.25) is 0 Å². The molecule has 0 radical (unpaired) electrons. The summed E-state index contributed by atoms with van der Waals surface area (Å²) in [6.45, 7) is 7.09. The third-order valence-electron chi connectivity index (χ3n) is 5.13. The van der Waals surface area contributed by atoms with Crippen molar-refractivity contribution < 1.29 is 14.9 Å². The number of pyridine rings is 1. The van der Waals surface area contributed by atoms with E-state index in [0.717, 1.165) is 56.3 Å². The van der Waals surface area contributed by atoms with E-state index in [1.54, 1.807) is 0 Å². The molecule has 0 aliphatic carbocycles. The molecule has 6 heteroatoms. The lowest BCUT2D eigenvalue weighted by atomic mass is 10.1. The molecule has 1 aromatic heterocycles. The van der Waals surface area contributed by atoms with E-state index in [4.69, 9.17) is 9.84 Å². The minimum atomic E-state index is 0.0187. The molecule has 1 aliphatic rings. The van der Waals surface area contributed by atoms with Crippen molar-refractivity contribution in [2.75, 3.05) is 39.5 Å². The van der Waals surface area contributed by atoms with Crippen LogP contribution in [0.3, 0.4) is 0 Å². The number of hydrogen-bond donors (Lipinski definition) is 2. The Bertz CT molecular complexity index is 740. The van der Waals surface area contributed by atoms with Gasteiger partial charge >= 0.3 is 0 Å². The topological polar surface area (TPSA) is 69.1 Å². The van der Waals surface area contributed by atoms with E-state index >= 15 is 0 Å². The number of piperazine rings is 1. The molecule has 2 N–H and O–H groups in total. The molecule has 1 saturated heterocycles. The van der Waals surface area contributed by atoms with Gasteiger partial charge in [0, 0.05) is 51.1 Å². The van der Waals surface area contributed by atoms with Gasteiger partial charge in [-0.15, -0.1) is 0 Å². The van der Waals surface area contributed by atoms with Crippen LogP contribution in [-0.2, 0) is 13.1 Å². The van der Waals surface area contributed by atoms with Gasteiger partial charge in [-0.25, -0.2) is 0 Å². The molecule has 3 rings (SSSR count). The van der Waals surface area contributed by atoms with Gasteiger partial charge in [-0.2, -0.15) is 0 Å². The number of nitrogens with zero attached hydrogens (tertiary/aromatic N) is 3. The average molecular weight is 386 g/mol. The van der Waals surface area contributed by atoms with Gasteiger partial charge in [-0.1, -0.05) is 18.2 Å². The Morgan fingerprint density at radius 3 is 2.71 bits per heavy atom. The van der Waals surface area contributed by atoms with Gasteiger partial charge in [0.05, 0.1) is 12.3 Å². The number of aryl methyl sites for hydroxylation is 1. The van der Waals surface area contributed by atoms with Gasteiger partial charge in [0.25, 0.3) is 0 Å². The van der Waals surface area contributed by atoms with Crippen LogP contribution in [0.2, 0.25) is 0 Å². The molecule has 6 nitrogen and oxygen atoms in total. The van der Waals surface area contributed by atoms with Crippen LogP contribution in [0.1, 0.15) is 23.4 Å². The lowest BCUT2D eigenvalue weighted by Gasteiger charge is -2.41. The molecule has 0 bridgehead atoms. The third-order valence-corrected chi connectivity index (χ3v) is 5.13. The molecule has 152 valence electrons. The standard InChI is InChI=1S/C22H31N3O3/c1-18-4-2-6-20(23-18)16-25-10-9-24(17-21(25)8-11-26)15-19-5-3-7-22(14-19)28-13-12-27/h2-7,14,21,26-27H,8-13,15-17H2,1H3. The lowest BCUT2D eigenvalue weighted by molar-refractivity contribution is 0.0491. The van der Waals surface area contributed by atoms with Crippen molar-refractivity contribution in [1.29, 1.82) is 0 Å². The summed E-state index contributed by atoms with van der Waals surface area (Å²) in [7, 11) is 0. The summed E-state index contributed by atoms with van der Waals surface area (Å²) in [6.07, 6.45) is 0.766. The number of hydrogen-bond acceptors (Lipinski definition) is 6. The molecule has 1 atom stereocenters. The molecule has 2 aromatic rings. The number of aromatic nitrogens is 1. The van der Waals surface area contributed by atoms with Gasteiger partial charge in [0.15, 0.2) is 0 Å². The zero-order valence-electron chi connectivity index (χ0n) is 16.6. The second kappa shape index (κ2) is 10.5. The molecule has 0 amide bonds. The summed E-state index contributed by atoms with van der Waals surface area (Å²) in [5, 5.41) is 18.5. The number of aliphatic hydroxyl groups is 2. The van der Waals surface area contributed by atoms with Crippen LogP contribution in [0.4, 0.5) is 0 Å². The first-order chi connectivity index (χ1) is 13.7. The van der Waals surface area contributed by atoms with Crippen LogP contribution in [0.25, 0.3) is 0 Å². The quantitative estimate of drug-likeness (QED) is 0.686. The van der Waals surface area contributed by atoms with E-state index in [-0.39, 0.29) is 13.2 Å². The van der Waals surface area contributed by atoms with Crippen LogP contribution >= 0.6 is 0 Å². The van der Waals surface area contributed by atoms with Crippen molar-refractivity contribution in [2.24, 2.45) is 0 Å². The van der Waals surface area contributed by atoms with E-state index in [9.17, 15) is 5.11 Å². The van der Waals surface area contributed by atoms with E-state index in [2.05, 4.69) is 33.0 Å². The minimum absolute atomic E-state index is 0.0187. The molecule has 0 saturated carbocycles. The Labute approximate surface area is 167 Å². The number of aliphatic hydroxyl groups excluding tert-OH is 2. The van der Waals surface area contributed by atoms with E-state index in [1.165, 1.54) is 5.56 Å². The summed E-state index contributed by atoms with van der Waals surface area (Å²) in [4.78, 5) is 9.51. The maximum Gasteiger partial charge on any atom is 0.119 e. The highest BCUT2D eigenvalue weighted by atomic mass is 16.5. The highest BCUT2D eigenvalue weighted by Crippen LogP contribution is 2.20. The van der Waals surface area contributed by atoms with Crippen LogP contribution < -0.4 is 4.74 Å². The summed E-state index contributed by atoms with van der Waals surface area (Å²) in [6, 6.07) is 14.5. The van der Waals surface area contributed by atoms with Crippen molar-refractivity contribution >= 4 is 0 Å². The Balaban J connectivity index is 1.60. The Morgan fingerprint density at radius 1 is 1.07 bits per heavy atom. The van der Waals surface area contributed by atoms with Crippen LogP contribution in [0.5, 0.6) is 5.75 Å². The van der Waals surface area contributed by atoms with Crippen LogP contribution in [0, 0.1) is 6.92 Å². The fourth-order valence-electron chi connectivity index (χ4n) is 3.78. The first-order valence-corrected chi connectivity index (χ1v) is 10.0. The van der Waals surface area contributed by atoms with Gasteiger partial charge in [-0.05, 0) is 43.2 Å². The molecule has 2 heterocycles. The second-order valence-electron chi connectivity index (χ2n) is 7.36. The molecule has 1 aromatic carbocycles. The molecule has 28 heavy (non-hydrogen) atoms. The largest absolute Gasteiger partial charge is 0.491 e. The number of benzene rings is 1. The van der Waals surface area contributed by atoms with Crippen molar-refractivity contribution in [3.8, 4) is 5.75 Å². The SMILES string of the molecule is Cc1cccc(CN2CCN(Cc3cccc(OCCO)c3)CC2CCO)n1. The Hall–Kier alpha value is -1.99. The molecule has 1 aliphatic heterocycles. The number of ether oxygens (including phenoxy) is 1. The predicted molar refractivity (Wildman–Crippen MR) is 109 cm³/mol. The lowest BCUT2D eigenvalue weighted by Crippen LogP contribution is -2.52. The van der Waals surface area contributed by atoms with Gasteiger partial charge in [0.1, 0.15) is 12.4 Å². The van der Waals surface area contributed by atoms with Gasteiger partial charge < -0.3 is 14.9 Å². The monoisotopic (exact) mass is 385 g/mol. The summed E-state index contributed by atoms with van der Waals surface area (Å²) in [5.74, 6) is 0.794. The minimum Gasteiger partial charge on any atom is -0.491 e. The summed E-state index contributed by atoms with van der Waals surface area (Å²) >= 11 is 0. The second-order valence-corrected chi connectivity index (χ2v) is 7.36.